The fraction of sp³-hybridized carbons (Fsp3) is 0.500. The molecule has 2 rings (SSSR count). The maximum Gasteiger partial charge on any atom is 0.180 e. The Labute approximate surface area is 70.0 Å². The van der Waals surface area contributed by atoms with Crippen molar-refractivity contribution >= 4 is 5.78 Å². The molecular formula is C8H10N2O2. The Morgan fingerprint density at radius 1 is 1.67 bits per heavy atom. The molecule has 4 nitrogen and oxygen atoms in total. The van der Waals surface area contributed by atoms with Crippen molar-refractivity contribution in [2.75, 3.05) is 13.1 Å². The average molecular weight is 166 g/mol. The van der Waals surface area contributed by atoms with E-state index in [9.17, 15) is 4.79 Å². The highest BCUT2D eigenvalue weighted by Gasteiger charge is 2.25. The molecule has 1 aliphatic rings. The highest BCUT2D eigenvalue weighted by atomic mass is 16.3. The van der Waals surface area contributed by atoms with Crippen LogP contribution in [0.4, 0.5) is 0 Å². The first kappa shape index (κ1) is 7.49. The van der Waals surface area contributed by atoms with Crippen LogP contribution in [0.2, 0.25) is 0 Å². The molecule has 1 N–H and O–H groups in total. The number of nitrogens with one attached hydrogen (secondary N) is 1. The molecule has 1 unspecified atom stereocenters. The summed E-state index contributed by atoms with van der Waals surface area (Å²) in [4.78, 5) is 15.3. The Balaban J connectivity index is 2.17. The first-order chi connectivity index (χ1) is 5.88. The molecule has 0 radical (unpaired) electrons. The molecule has 0 saturated carbocycles. The van der Waals surface area contributed by atoms with Gasteiger partial charge in [-0.3, -0.25) is 4.79 Å². The van der Waals surface area contributed by atoms with Gasteiger partial charge in [0.1, 0.15) is 12.0 Å². The first-order valence-corrected chi connectivity index (χ1v) is 3.99. The second kappa shape index (κ2) is 3.06. The van der Waals surface area contributed by atoms with Crippen molar-refractivity contribution in [2.45, 2.75) is 12.3 Å². The number of rotatable bonds is 1. The number of piperidine rings is 1. The van der Waals surface area contributed by atoms with Crippen LogP contribution >= 0.6 is 0 Å². The maximum absolute atomic E-state index is 11.4. The normalized spacial score (nSPS) is 24.3. The smallest absolute Gasteiger partial charge is 0.180 e. The SMILES string of the molecule is O=C1CCNCC1c1cocn1. The highest BCUT2D eigenvalue weighted by Crippen LogP contribution is 2.17. The Morgan fingerprint density at radius 3 is 3.25 bits per heavy atom. The summed E-state index contributed by atoms with van der Waals surface area (Å²) in [5, 5.41) is 3.15. The van der Waals surface area contributed by atoms with Crippen LogP contribution in [0.5, 0.6) is 0 Å². The van der Waals surface area contributed by atoms with Gasteiger partial charge in [-0.1, -0.05) is 0 Å². The summed E-state index contributed by atoms with van der Waals surface area (Å²) in [6.45, 7) is 1.47. The quantitative estimate of drug-likeness (QED) is 0.652. The van der Waals surface area contributed by atoms with Gasteiger partial charge in [-0.05, 0) is 0 Å². The number of carbonyl (C=O) groups is 1. The lowest BCUT2D eigenvalue weighted by atomic mass is 9.95. The second-order valence-corrected chi connectivity index (χ2v) is 2.89. The first-order valence-electron chi connectivity index (χ1n) is 3.99. The minimum atomic E-state index is -0.0995. The number of aromatic nitrogens is 1. The van der Waals surface area contributed by atoms with Crippen LogP contribution in [0, 0.1) is 0 Å². The van der Waals surface area contributed by atoms with Crippen LogP contribution in [0.3, 0.4) is 0 Å². The van der Waals surface area contributed by atoms with Crippen molar-refractivity contribution in [1.82, 2.24) is 10.3 Å². The summed E-state index contributed by atoms with van der Waals surface area (Å²) in [5.74, 6) is 0.153. The van der Waals surface area contributed by atoms with Gasteiger partial charge >= 0.3 is 0 Å². The number of hydrogen-bond donors (Lipinski definition) is 1. The summed E-state index contributed by atoms with van der Waals surface area (Å²) in [6.07, 6.45) is 3.49. The number of carbonyl (C=O) groups excluding carboxylic acids is 1. The van der Waals surface area contributed by atoms with Gasteiger partial charge in [0.05, 0.1) is 11.6 Å². The predicted octanol–water partition coefficient (Wildman–Crippen LogP) is 0.321. The number of nitrogens with zero attached hydrogens (tertiary/aromatic N) is 1. The van der Waals surface area contributed by atoms with Gasteiger partial charge in [0.25, 0.3) is 0 Å². The molecule has 0 aromatic carbocycles. The minimum Gasteiger partial charge on any atom is -0.451 e. The lowest BCUT2D eigenvalue weighted by Gasteiger charge is -2.18. The van der Waals surface area contributed by atoms with Crippen molar-refractivity contribution in [3.63, 3.8) is 0 Å². The van der Waals surface area contributed by atoms with Crippen LogP contribution in [0.25, 0.3) is 0 Å². The topological polar surface area (TPSA) is 55.1 Å². The average Bonchev–Trinajstić information content (AvgIpc) is 2.57. The Hall–Kier alpha value is -1.16. The van der Waals surface area contributed by atoms with Gasteiger partial charge in [0.15, 0.2) is 6.39 Å². The minimum absolute atomic E-state index is 0.0995. The Bertz CT molecular complexity index is 269. The molecule has 1 atom stereocenters. The predicted molar refractivity (Wildman–Crippen MR) is 41.7 cm³/mol. The number of hydrogen-bond acceptors (Lipinski definition) is 4. The molecule has 1 aliphatic heterocycles. The number of oxazole rings is 1. The van der Waals surface area contributed by atoms with E-state index in [1.807, 2.05) is 0 Å². The van der Waals surface area contributed by atoms with Crippen LogP contribution in [-0.4, -0.2) is 23.9 Å². The van der Waals surface area contributed by atoms with Crippen molar-refractivity contribution in [3.05, 3.63) is 18.4 Å². The molecule has 4 heteroatoms. The fourth-order valence-electron chi connectivity index (χ4n) is 1.41. The summed E-state index contributed by atoms with van der Waals surface area (Å²) in [6, 6.07) is 0. The molecule has 64 valence electrons. The van der Waals surface area contributed by atoms with E-state index < -0.39 is 0 Å². The third-order valence-corrected chi connectivity index (χ3v) is 2.09. The maximum atomic E-state index is 11.4. The molecule has 1 aromatic heterocycles. The monoisotopic (exact) mass is 166 g/mol. The van der Waals surface area contributed by atoms with Crippen molar-refractivity contribution in [2.24, 2.45) is 0 Å². The molecule has 2 heterocycles. The molecule has 0 bridgehead atoms. The largest absolute Gasteiger partial charge is 0.451 e. The highest BCUT2D eigenvalue weighted by molar-refractivity contribution is 5.86. The molecule has 0 spiro atoms. The van der Waals surface area contributed by atoms with Gasteiger partial charge in [-0.25, -0.2) is 4.98 Å². The number of Topliss-reactive ketones (excluding diaryl/α,β-unsaturated/α-hetero) is 1. The summed E-state index contributed by atoms with van der Waals surface area (Å²) in [7, 11) is 0. The van der Waals surface area contributed by atoms with Crippen LogP contribution in [-0.2, 0) is 4.79 Å². The Kier molecular flexibility index (Phi) is 1.91. The van der Waals surface area contributed by atoms with E-state index in [0.29, 0.717) is 13.0 Å². The lowest BCUT2D eigenvalue weighted by molar-refractivity contribution is -0.121. The van der Waals surface area contributed by atoms with Gasteiger partial charge in [-0.15, -0.1) is 0 Å². The molecule has 1 fully saturated rings. The Morgan fingerprint density at radius 2 is 2.58 bits per heavy atom. The zero-order valence-corrected chi connectivity index (χ0v) is 6.62. The lowest BCUT2D eigenvalue weighted by Crippen LogP contribution is -2.35. The standard InChI is InChI=1S/C8H10N2O2/c11-8-1-2-9-3-6(8)7-4-12-5-10-7/h4-6,9H,1-3H2. The van der Waals surface area contributed by atoms with E-state index in [-0.39, 0.29) is 11.7 Å². The summed E-state index contributed by atoms with van der Waals surface area (Å²) < 4.78 is 4.82. The molecule has 12 heavy (non-hydrogen) atoms. The van der Waals surface area contributed by atoms with Crippen molar-refractivity contribution in [3.8, 4) is 0 Å². The van der Waals surface area contributed by atoms with Crippen molar-refractivity contribution in [1.29, 1.82) is 0 Å². The van der Waals surface area contributed by atoms with Gasteiger partial charge in [0.2, 0.25) is 0 Å². The molecule has 1 aromatic rings. The molecule has 1 saturated heterocycles. The zero-order chi connectivity index (χ0) is 8.39. The van der Waals surface area contributed by atoms with E-state index in [0.717, 1.165) is 12.2 Å². The van der Waals surface area contributed by atoms with Crippen LogP contribution < -0.4 is 5.32 Å². The van der Waals surface area contributed by atoms with E-state index in [2.05, 4.69) is 10.3 Å². The fourth-order valence-corrected chi connectivity index (χ4v) is 1.41. The van der Waals surface area contributed by atoms with E-state index >= 15 is 0 Å². The van der Waals surface area contributed by atoms with Gasteiger partial charge < -0.3 is 9.73 Å². The number of ketones is 1. The zero-order valence-electron chi connectivity index (χ0n) is 6.62. The van der Waals surface area contributed by atoms with E-state index in [1.54, 1.807) is 0 Å². The second-order valence-electron chi connectivity index (χ2n) is 2.89. The van der Waals surface area contributed by atoms with Crippen molar-refractivity contribution < 1.29 is 9.21 Å². The molecule has 0 amide bonds. The summed E-state index contributed by atoms with van der Waals surface area (Å²) in [5.41, 5.74) is 0.743. The van der Waals surface area contributed by atoms with Crippen LogP contribution in [0.15, 0.2) is 17.1 Å². The van der Waals surface area contributed by atoms with Gasteiger partial charge in [-0.2, -0.15) is 0 Å². The van der Waals surface area contributed by atoms with Gasteiger partial charge in [0, 0.05) is 19.5 Å². The third kappa shape index (κ3) is 1.25. The molecular weight excluding hydrogens is 156 g/mol. The molecule has 0 aliphatic carbocycles. The van der Waals surface area contributed by atoms with E-state index in [4.69, 9.17) is 4.42 Å². The third-order valence-electron chi connectivity index (χ3n) is 2.09. The van der Waals surface area contributed by atoms with E-state index in [1.165, 1.54) is 12.7 Å². The summed E-state index contributed by atoms with van der Waals surface area (Å²) >= 11 is 0. The van der Waals surface area contributed by atoms with Crippen LogP contribution in [0.1, 0.15) is 18.0 Å².